The third-order valence-electron chi connectivity index (χ3n) is 3.90. The highest BCUT2D eigenvalue weighted by molar-refractivity contribution is 5.94. The van der Waals surface area contributed by atoms with Crippen molar-refractivity contribution >= 4 is 23.3 Å². The largest absolute Gasteiger partial charge is 0.495 e. The number of nitrogens with one attached hydrogen (secondary N) is 2. The molecule has 8 nitrogen and oxygen atoms in total. The summed E-state index contributed by atoms with van der Waals surface area (Å²) in [6.45, 7) is 1.71. The molecular weight excluding hydrogens is 348 g/mol. The summed E-state index contributed by atoms with van der Waals surface area (Å²) in [5.41, 5.74) is 1.72. The van der Waals surface area contributed by atoms with Crippen molar-refractivity contribution < 1.29 is 19.1 Å². The zero-order chi connectivity index (χ0) is 19.8. The number of hydrogen-bond acceptors (Lipinski definition) is 5. The second-order valence-electron chi connectivity index (χ2n) is 5.86. The molecule has 2 rings (SSSR count). The van der Waals surface area contributed by atoms with Gasteiger partial charge < -0.3 is 25.0 Å². The van der Waals surface area contributed by atoms with Crippen LogP contribution in [0.5, 0.6) is 5.75 Å². The van der Waals surface area contributed by atoms with Crippen molar-refractivity contribution in [2.45, 2.75) is 13.0 Å². The fourth-order valence-corrected chi connectivity index (χ4v) is 2.55. The molecular formula is C19H24N4O4. The minimum absolute atomic E-state index is 0.232. The van der Waals surface area contributed by atoms with E-state index in [2.05, 4.69) is 15.6 Å². The zero-order valence-electron chi connectivity index (χ0n) is 15.9. The number of carbonyl (C=O) groups excluding carboxylic acids is 2. The summed E-state index contributed by atoms with van der Waals surface area (Å²) in [7, 11) is 4.76. The second-order valence-corrected chi connectivity index (χ2v) is 5.86. The summed E-state index contributed by atoms with van der Waals surface area (Å²) in [6.07, 6.45) is 1.67. The predicted octanol–water partition coefficient (Wildman–Crippen LogP) is 2.90. The molecule has 0 saturated carbocycles. The quantitative estimate of drug-likeness (QED) is 0.780. The summed E-state index contributed by atoms with van der Waals surface area (Å²) in [5, 5.41) is 5.49. The lowest BCUT2D eigenvalue weighted by Gasteiger charge is -2.27. The van der Waals surface area contributed by atoms with Crippen LogP contribution in [0.3, 0.4) is 0 Å². The molecule has 8 heteroatoms. The number of aromatic nitrogens is 1. The van der Waals surface area contributed by atoms with Crippen LogP contribution >= 0.6 is 0 Å². The standard InChI is InChI=1S/C19H24N4O4/c1-13(24)21-16-11-14(8-9-18(16)27-4)22-19(25)23(2)17(12-26-3)15-7-5-6-10-20-15/h5-11,17H,12H2,1-4H3,(H,21,24)(H,22,25). The van der Waals surface area contributed by atoms with Gasteiger partial charge in [-0.05, 0) is 30.3 Å². The molecule has 2 aromatic rings. The number of methoxy groups -OCH3 is 2. The smallest absolute Gasteiger partial charge is 0.322 e. The Morgan fingerprint density at radius 3 is 2.56 bits per heavy atom. The first-order chi connectivity index (χ1) is 13.0. The number of benzene rings is 1. The normalized spacial score (nSPS) is 11.4. The van der Waals surface area contributed by atoms with Gasteiger partial charge in [-0.15, -0.1) is 0 Å². The number of carbonyl (C=O) groups is 2. The number of nitrogens with zero attached hydrogens (tertiary/aromatic N) is 2. The molecule has 1 heterocycles. The van der Waals surface area contributed by atoms with Crippen molar-refractivity contribution in [3.05, 3.63) is 48.3 Å². The number of rotatable bonds is 7. The van der Waals surface area contributed by atoms with E-state index in [1.165, 1.54) is 18.9 Å². The highest BCUT2D eigenvalue weighted by atomic mass is 16.5. The maximum absolute atomic E-state index is 12.7. The van der Waals surface area contributed by atoms with Gasteiger partial charge in [0.15, 0.2) is 0 Å². The SMILES string of the molecule is COCC(c1ccccn1)N(C)C(=O)Nc1ccc(OC)c(NC(C)=O)c1. The molecule has 1 aromatic carbocycles. The molecule has 1 unspecified atom stereocenters. The van der Waals surface area contributed by atoms with Crippen molar-refractivity contribution in [2.75, 3.05) is 38.5 Å². The molecule has 1 atom stereocenters. The molecule has 0 fully saturated rings. The lowest BCUT2D eigenvalue weighted by atomic mass is 10.2. The highest BCUT2D eigenvalue weighted by Gasteiger charge is 2.23. The van der Waals surface area contributed by atoms with Crippen LogP contribution < -0.4 is 15.4 Å². The van der Waals surface area contributed by atoms with Crippen LogP contribution in [0.1, 0.15) is 18.7 Å². The Hall–Kier alpha value is -3.13. The number of likely N-dealkylation sites (N-methyl/N-ethyl adjacent to an activating group) is 1. The monoisotopic (exact) mass is 372 g/mol. The number of urea groups is 1. The minimum atomic E-state index is -0.343. The van der Waals surface area contributed by atoms with Crippen LogP contribution in [-0.4, -0.2) is 49.7 Å². The van der Waals surface area contributed by atoms with E-state index < -0.39 is 0 Å². The Balaban J connectivity index is 2.18. The Kier molecular flexibility index (Phi) is 7.13. The van der Waals surface area contributed by atoms with Crippen molar-refractivity contribution in [3.63, 3.8) is 0 Å². The van der Waals surface area contributed by atoms with Gasteiger partial charge in [0.2, 0.25) is 5.91 Å². The van der Waals surface area contributed by atoms with Crippen LogP contribution in [0.2, 0.25) is 0 Å². The number of anilines is 2. The van der Waals surface area contributed by atoms with E-state index in [0.29, 0.717) is 23.7 Å². The number of pyridine rings is 1. The van der Waals surface area contributed by atoms with Gasteiger partial charge in [0.25, 0.3) is 0 Å². The lowest BCUT2D eigenvalue weighted by molar-refractivity contribution is -0.114. The number of hydrogen-bond donors (Lipinski definition) is 2. The van der Waals surface area contributed by atoms with E-state index in [9.17, 15) is 9.59 Å². The van der Waals surface area contributed by atoms with E-state index in [1.54, 1.807) is 38.6 Å². The third-order valence-corrected chi connectivity index (χ3v) is 3.90. The van der Waals surface area contributed by atoms with E-state index >= 15 is 0 Å². The van der Waals surface area contributed by atoms with Gasteiger partial charge in [0.05, 0.1) is 31.1 Å². The molecule has 0 aliphatic heterocycles. The molecule has 0 radical (unpaired) electrons. The average Bonchev–Trinajstić information content (AvgIpc) is 2.66. The molecule has 0 spiro atoms. The van der Waals surface area contributed by atoms with E-state index in [1.807, 2.05) is 18.2 Å². The van der Waals surface area contributed by atoms with Crippen molar-refractivity contribution in [1.82, 2.24) is 9.88 Å². The molecule has 2 N–H and O–H groups in total. The summed E-state index contributed by atoms with van der Waals surface area (Å²) >= 11 is 0. The van der Waals surface area contributed by atoms with Crippen LogP contribution in [0.4, 0.5) is 16.2 Å². The molecule has 3 amide bonds. The lowest BCUT2D eigenvalue weighted by Crippen LogP contribution is -2.37. The van der Waals surface area contributed by atoms with Crippen molar-refractivity contribution in [2.24, 2.45) is 0 Å². The Morgan fingerprint density at radius 1 is 1.19 bits per heavy atom. The van der Waals surface area contributed by atoms with Crippen LogP contribution in [0.25, 0.3) is 0 Å². The fourth-order valence-electron chi connectivity index (χ4n) is 2.55. The van der Waals surface area contributed by atoms with E-state index in [0.717, 1.165) is 5.69 Å². The molecule has 144 valence electrons. The Morgan fingerprint density at radius 2 is 1.96 bits per heavy atom. The molecule has 0 aliphatic rings. The summed E-state index contributed by atoms with van der Waals surface area (Å²) in [5.74, 6) is 0.270. The average molecular weight is 372 g/mol. The van der Waals surface area contributed by atoms with Gasteiger partial charge in [-0.2, -0.15) is 0 Å². The molecule has 0 aliphatic carbocycles. The molecule has 0 saturated heterocycles. The minimum Gasteiger partial charge on any atom is -0.495 e. The van der Waals surface area contributed by atoms with Crippen LogP contribution in [-0.2, 0) is 9.53 Å². The first-order valence-corrected chi connectivity index (χ1v) is 8.35. The van der Waals surface area contributed by atoms with Crippen LogP contribution in [0.15, 0.2) is 42.6 Å². The summed E-state index contributed by atoms with van der Waals surface area (Å²) < 4.78 is 10.5. The Labute approximate surface area is 158 Å². The molecule has 1 aromatic heterocycles. The van der Waals surface area contributed by atoms with Gasteiger partial charge in [-0.1, -0.05) is 6.07 Å². The summed E-state index contributed by atoms with van der Waals surface area (Å²) in [4.78, 5) is 29.9. The van der Waals surface area contributed by atoms with Gasteiger partial charge >= 0.3 is 6.03 Å². The number of ether oxygens (including phenoxy) is 2. The topological polar surface area (TPSA) is 92.8 Å². The first kappa shape index (κ1) is 20.2. The van der Waals surface area contributed by atoms with E-state index in [4.69, 9.17) is 9.47 Å². The van der Waals surface area contributed by atoms with E-state index in [-0.39, 0.29) is 18.0 Å². The Bertz CT molecular complexity index is 783. The highest BCUT2D eigenvalue weighted by Crippen LogP contribution is 2.28. The predicted molar refractivity (Wildman–Crippen MR) is 103 cm³/mol. The fraction of sp³-hybridized carbons (Fsp3) is 0.316. The number of amides is 3. The zero-order valence-corrected chi connectivity index (χ0v) is 15.9. The van der Waals surface area contributed by atoms with Gasteiger partial charge in [0.1, 0.15) is 5.75 Å². The van der Waals surface area contributed by atoms with Crippen molar-refractivity contribution in [1.29, 1.82) is 0 Å². The molecule has 27 heavy (non-hydrogen) atoms. The van der Waals surface area contributed by atoms with Crippen molar-refractivity contribution in [3.8, 4) is 5.75 Å². The second kappa shape index (κ2) is 9.54. The van der Waals surface area contributed by atoms with Gasteiger partial charge in [-0.3, -0.25) is 9.78 Å². The maximum atomic E-state index is 12.7. The van der Waals surface area contributed by atoms with Crippen LogP contribution in [0, 0.1) is 0 Å². The van der Waals surface area contributed by atoms with Gasteiger partial charge in [0, 0.05) is 33.0 Å². The molecule has 0 bridgehead atoms. The first-order valence-electron chi connectivity index (χ1n) is 8.35. The maximum Gasteiger partial charge on any atom is 0.322 e. The van der Waals surface area contributed by atoms with Gasteiger partial charge in [-0.25, -0.2) is 4.79 Å². The third kappa shape index (κ3) is 5.42. The summed E-state index contributed by atoms with van der Waals surface area (Å²) in [6, 6.07) is 9.85.